The molecule has 0 aromatic heterocycles. The van der Waals surface area contributed by atoms with Crippen molar-refractivity contribution in [2.24, 2.45) is 0 Å². The van der Waals surface area contributed by atoms with E-state index in [4.69, 9.17) is 0 Å². The Balaban J connectivity index is -0.00000000500. The molecule has 0 heterocycles. The van der Waals surface area contributed by atoms with Crippen LogP contribution >= 0.6 is 9.24 Å². The third kappa shape index (κ3) is 12.2. The Hall–Kier alpha value is 0.974. The quantitative estimate of drug-likeness (QED) is 0.425. The largest absolute Gasteiger partial charge is 0.693 e. The average molecular weight is 115 g/mol. The minimum Gasteiger partial charge on any atom is -0.693 e. The minimum absolute atomic E-state index is 0. The van der Waals surface area contributed by atoms with E-state index in [1.165, 1.54) is 0 Å². The third-order valence-electron chi connectivity index (χ3n) is 0. The molecule has 2 N–H and O–H groups in total. The second kappa shape index (κ2) is 37.0. The molecule has 0 amide bonds. The van der Waals surface area contributed by atoms with E-state index in [1.54, 1.807) is 0 Å². The van der Waals surface area contributed by atoms with Gasteiger partial charge in [-0.15, -0.1) is 9.24 Å². The van der Waals surface area contributed by atoms with Crippen LogP contribution < -0.4 is 0 Å². The van der Waals surface area contributed by atoms with Gasteiger partial charge in [-0.3, -0.25) is 0 Å². The summed E-state index contributed by atoms with van der Waals surface area (Å²) in [6.45, 7) is 1.92. The summed E-state index contributed by atoms with van der Waals surface area (Å²) in [5.74, 6) is 0. The molecule has 0 spiro atoms. The molecule has 0 aliphatic rings. The van der Waals surface area contributed by atoms with Gasteiger partial charge in [-0.1, -0.05) is 6.66 Å². The van der Waals surface area contributed by atoms with Gasteiger partial charge in [0.1, 0.15) is 0 Å². The van der Waals surface area contributed by atoms with Crippen LogP contribution in [0, 0.1) is 0 Å². The molecule has 27 valence electrons. The molecular weight excluding hydrogens is 108 g/mol. The predicted octanol–water partition coefficient (Wildman–Crippen LogP) is 1.21. The predicted molar refractivity (Wildman–Crippen MR) is 20.9 cm³/mol. The summed E-state index contributed by atoms with van der Waals surface area (Å²) in [5, 5.41) is 0. The van der Waals surface area contributed by atoms with E-state index >= 15 is 0 Å². The molecule has 0 aliphatic heterocycles. The van der Waals surface area contributed by atoms with Crippen LogP contribution in [0.15, 0.2) is 0 Å². The van der Waals surface area contributed by atoms with E-state index in [1.807, 2.05) is 6.66 Å². The Bertz CT molecular complexity index is 8.00. The summed E-state index contributed by atoms with van der Waals surface area (Å²) in [7, 11) is 2.42. The van der Waals surface area contributed by atoms with E-state index < -0.39 is 0 Å². The normalized spacial score (nSPS) is 1.50. The van der Waals surface area contributed by atoms with Crippen molar-refractivity contribution in [2.75, 3.05) is 6.66 Å². The number of nitrogens with two attached hydrogens (primary N) is 1. The third-order valence-corrected chi connectivity index (χ3v) is 0. The maximum absolute atomic E-state index is 2.42. The molecule has 0 fully saturated rings. The molecule has 1 nitrogen and oxygen atoms in total. The van der Waals surface area contributed by atoms with Crippen LogP contribution in [-0.4, -0.2) is 6.66 Å². The maximum atomic E-state index is 2.42. The molecule has 0 aromatic rings. The van der Waals surface area contributed by atoms with Crippen molar-refractivity contribution >= 4 is 9.24 Å². The topological polar surface area (TPSA) is 33.5 Å². The van der Waals surface area contributed by atoms with Gasteiger partial charge in [-0.2, -0.15) is 0 Å². The van der Waals surface area contributed by atoms with Crippen molar-refractivity contribution < 1.29 is 18.6 Å². The van der Waals surface area contributed by atoms with Crippen LogP contribution in [0.5, 0.6) is 0 Å². The Morgan fingerprint density at radius 2 is 1.25 bits per heavy atom. The van der Waals surface area contributed by atoms with Crippen molar-refractivity contribution in [3.05, 3.63) is 6.15 Å². The number of hydrogen-bond donors (Lipinski definition) is 0. The van der Waals surface area contributed by atoms with Gasteiger partial charge in [0.25, 0.3) is 0 Å². The van der Waals surface area contributed by atoms with Crippen LogP contribution in [-0.2, 0) is 18.6 Å². The smallest absolute Gasteiger partial charge is 0 e. The van der Waals surface area contributed by atoms with Gasteiger partial charge in [0.15, 0.2) is 0 Å². The zero-order valence-electron chi connectivity index (χ0n) is 2.60. The first-order valence-electron chi connectivity index (χ1n) is 0.577. The average Bonchev–Trinajstić information content (AvgIpc) is 1.00. The Morgan fingerprint density at radius 3 is 1.25 bits per heavy atom. The van der Waals surface area contributed by atoms with E-state index in [2.05, 4.69) is 9.24 Å². The molecule has 3 heteroatoms. The van der Waals surface area contributed by atoms with Gasteiger partial charge in [0, 0.05) is 18.6 Å². The van der Waals surface area contributed by atoms with E-state index in [0.29, 0.717) is 0 Å². The van der Waals surface area contributed by atoms with Gasteiger partial charge < -0.3 is 6.15 Å². The summed E-state index contributed by atoms with van der Waals surface area (Å²) in [6.07, 6.45) is 0. The molecule has 0 saturated carbocycles. The minimum atomic E-state index is 0. The van der Waals surface area contributed by atoms with Gasteiger partial charge in [-0.05, 0) is 0 Å². The molecule has 4 heavy (non-hydrogen) atoms. The molecular formula is CH7NPV-. The Labute approximate surface area is 41.2 Å². The van der Waals surface area contributed by atoms with Crippen molar-refractivity contribution in [1.82, 2.24) is 0 Å². The summed E-state index contributed by atoms with van der Waals surface area (Å²) in [6, 6.07) is 0. The van der Waals surface area contributed by atoms with Crippen molar-refractivity contribution in [3.63, 3.8) is 0 Å². The summed E-state index contributed by atoms with van der Waals surface area (Å²) in [4.78, 5) is 0. The summed E-state index contributed by atoms with van der Waals surface area (Å²) >= 11 is 0. The molecule has 0 aromatic carbocycles. The van der Waals surface area contributed by atoms with Crippen LogP contribution in [0.4, 0.5) is 0 Å². The van der Waals surface area contributed by atoms with Gasteiger partial charge in [0.2, 0.25) is 0 Å². The van der Waals surface area contributed by atoms with Gasteiger partial charge in [0.05, 0.1) is 0 Å². The summed E-state index contributed by atoms with van der Waals surface area (Å²) < 4.78 is 0. The second-order valence-electron chi connectivity index (χ2n) is 0. The fourth-order valence-corrected chi connectivity index (χ4v) is 0. The van der Waals surface area contributed by atoms with Gasteiger partial charge in [-0.25, -0.2) is 0 Å². The Morgan fingerprint density at radius 1 is 1.25 bits per heavy atom. The SMILES string of the molecule is CP.[NH2-].[V]. The monoisotopic (exact) mass is 115 g/mol. The standard InChI is InChI=1S/CH5P.H2N.V/c1-2;;/h2H2,1H3;1H2;/q;-1;. The molecule has 0 saturated heterocycles. The first kappa shape index (κ1) is 20.2. The number of hydrogen-bond acceptors (Lipinski definition) is 0. The molecule has 1 atom stereocenters. The first-order chi connectivity index (χ1) is 1.00. The Kier molecular flexibility index (Phi) is 187. The van der Waals surface area contributed by atoms with Crippen molar-refractivity contribution in [2.45, 2.75) is 0 Å². The fraction of sp³-hybridized carbons (Fsp3) is 1.00. The van der Waals surface area contributed by atoms with Crippen LogP contribution in [0.1, 0.15) is 0 Å². The zero-order chi connectivity index (χ0) is 2.00. The van der Waals surface area contributed by atoms with Crippen molar-refractivity contribution in [1.29, 1.82) is 0 Å². The molecule has 1 radical (unpaired) electrons. The summed E-state index contributed by atoms with van der Waals surface area (Å²) in [5.41, 5.74) is 0. The number of rotatable bonds is 0. The molecule has 0 rings (SSSR count). The molecule has 1 unspecified atom stereocenters. The van der Waals surface area contributed by atoms with Crippen LogP contribution in [0.3, 0.4) is 0 Å². The zero-order valence-corrected chi connectivity index (χ0v) is 5.15. The van der Waals surface area contributed by atoms with Crippen LogP contribution in [0.25, 0.3) is 6.15 Å². The van der Waals surface area contributed by atoms with E-state index in [-0.39, 0.29) is 24.7 Å². The van der Waals surface area contributed by atoms with Crippen LogP contribution in [0.2, 0.25) is 0 Å². The first-order valence-corrected chi connectivity index (χ1v) is 1.73. The van der Waals surface area contributed by atoms with E-state index in [0.717, 1.165) is 0 Å². The van der Waals surface area contributed by atoms with E-state index in [9.17, 15) is 0 Å². The maximum Gasteiger partial charge on any atom is 0 e. The molecule has 0 bridgehead atoms. The second-order valence-corrected chi connectivity index (χ2v) is 0. The fourth-order valence-electron chi connectivity index (χ4n) is 0. The van der Waals surface area contributed by atoms with Crippen molar-refractivity contribution in [3.8, 4) is 0 Å². The molecule has 0 aliphatic carbocycles. The van der Waals surface area contributed by atoms with Gasteiger partial charge >= 0.3 is 0 Å².